The zero-order valence-electron chi connectivity index (χ0n) is 29.6. The fourth-order valence-corrected chi connectivity index (χ4v) is 5.77. The van der Waals surface area contributed by atoms with Crippen LogP contribution < -0.4 is 0 Å². The number of aliphatic hydroxyl groups is 1. The molecule has 1 radical (unpaired) electrons. The minimum absolute atomic E-state index is 0. The van der Waals surface area contributed by atoms with Crippen LogP contribution in [0.3, 0.4) is 0 Å². The molecule has 5 heteroatoms. The molecule has 255 valence electrons. The number of hydrogen-bond donors (Lipinski definition) is 1. The average molecular weight is 827 g/mol. The van der Waals surface area contributed by atoms with Gasteiger partial charge < -0.3 is 15.1 Å². The normalized spacial score (nSPS) is 13.0. The van der Waals surface area contributed by atoms with Gasteiger partial charge in [0.2, 0.25) is 0 Å². The third-order valence-electron chi connectivity index (χ3n) is 8.64. The van der Waals surface area contributed by atoms with E-state index >= 15 is 0 Å². The molecule has 1 N–H and O–H groups in total. The number of nitrogens with zero attached hydrogens (tertiary/aromatic N) is 2. The third-order valence-corrected chi connectivity index (χ3v) is 8.64. The molecule has 0 fully saturated rings. The standard InChI is InChI=1S/C22H18N.C11H8N.C11H20O2.Ir/c1-14-9-10-23-20(11-14)19-12-17-7-5-15-3-2-4-16-6-8-18(13-19)22(17)21(15)16;1-2-6-10(7-3-1)11-8-4-5-9-12-11;1-10(2,3)8(12)7-9(13)11(4,5)6;/h2-4,9-12H,5-8H2,1H3;1-6,8-9H;7,12H,1-6H3;/q2*-1;;/b;;8-7-;. The molecule has 49 heavy (non-hydrogen) atoms. The Kier molecular flexibility index (Phi) is 12.3. The van der Waals surface area contributed by atoms with Crippen LogP contribution in [-0.4, -0.2) is 20.9 Å². The molecule has 2 aliphatic rings. The summed E-state index contributed by atoms with van der Waals surface area (Å²) in [5.74, 6) is 0.104. The number of benzene rings is 3. The van der Waals surface area contributed by atoms with Crippen molar-refractivity contribution >= 4 is 5.78 Å². The van der Waals surface area contributed by atoms with Crippen LogP contribution in [0.15, 0.2) is 103 Å². The van der Waals surface area contributed by atoms with Gasteiger partial charge in [0.15, 0.2) is 5.78 Å². The Morgan fingerprint density at radius 3 is 2.00 bits per heavy atom. The van der Waals surface area contributed by atoms with E-state index in [1.165, 1.54) is 45.0 Å². The van der Waals surface area contributed by atoms with E-state index in [9.17, 15) is 9.90 Å². The SMILES string of the molecule is CC(C)(C)C(=O)/C=C(\O)C(C)(C)C.Cc1ccnc(-c2[c-]c3c4c(c2)CCc2cccc(c2-4)CC3)c1.[Ir].[c-]1ccccc1-c1ccccn1. The first-order valence-electron chi connectivity index (χ1n) is 16.8. The number of ketones is 1. The van der Waals surface area contributed by atoms with Gasteiger partial charge in [-0.1, -0.05) is 94.6 Å². The summed E-state index contributed by atoms with van der Waals surface area (Å²) in [5.41, 5.74) is 13.6. The van der Waals surface area contributed by atoms with Gasteiger partial charge in [-0.3, -0.25) is 4.79 Å². The molecule has 0 bridgehead atoms. The molecule has 2 heterocycles. The Morgan fingerprint density at radius 1 is 0.714 bits per heavy atom. The summed E-state index contributed by atoms with van der Waals surface area (Å²) in [6, 6.07) is 33.9. The number of aliphatic hydroxyl groups excluding tert-OH is 1. The molecule has 0 unspecified atom stereocenters. The van der Waals surface area contributed by atoms with Crippen molar-refractivity contribution in [2.24, 2.45) is 10.8 Å². The van der Waals surface area contributed by atoms with Crippen molar-refractivity contribution in [3.63, 3.8) is 0 Å². The number of rotatable bonds is 3. The molecule has 3 aromatic carbocycles. The van der Waals surface area contributed by atoms with E-state index in [2.05, 4.69) is 65.4 Å². The van der Waals surface area contributed by atoms with E-state index in [-0.39, 0.29) is 37.1 Å². The second-order valence-electron chi connectivity index (χ2n) is 14.6. The summed E-state index contributed by atoms with van der Waals surface area (Å²) >= 11 is 0. The summed E-state index contributed by atoms with van der Waals surface area (Å²) in [7, 11) is 0. The number of pyridine rings is 2. The predicted octanol–water partition coefficient (Wildman–Crippen LogP) is 10.4. The number of hydrogen-bond acceptors (Lipinski definition) is 4. The Morgan fingerprint density at radius 2 is 1.39 bits per heavy atom. The first-order chi connectivity index (χ1) is 22.8. The number of allylic oxidation sites excluding steroid dienone is 2. The fourth-order valence-electron chi connectivity index (χ4n) is 5.77. The number of aryl methyl sites for hydroxylation is 5. The Hall–Kier alpha value is -4.18. The third kappa shape index (κ3) is 9.50. The first kappa shape index (κ1) is 37.6. The molecule has 4 nitrogen and oxygen atoms in total. The average Bonchev–Trinajstić information content (AvgIpc) is 3.07. The Labute approximate surface area is 306 Å². The van der Waals surface area contributed by atoms with Crippen molar-refractivity contribution in [2.75, 3.05) is 0 Å². The molecule has 0 saturated heterocycles. The van der Waals surface area contributed by atoms with Crippen LogP contribution in [0.2, 0.25) is 0 Å². The number of carbonyl (C=O) groups excluding carboxylic acids is 1. The molecule has 0 amide bonds. The molecule has 2 aliphatic carbocycles. The van der Waals surface area contributed by atoms with E-state index in [0.29, 0.717) is 0 Å². The quantitative estimate of drug-likeness (QED) is 0.112. The molecule has 7 rings (SSSR count). The number of carbonyl (C=O) groups is 1. The van der Waals surface area contributed by atoms with Crippen LogP contribution in [0.25, 0.3) is 33.6 Å². The van der Waals surface area contributed by atoms with Crippen LogP contribution >= 0.6 is 0 Å². The topological polar surface area (TPSA) is 63.1 Å². The second-order valence-corrected chi connectivity index (χ2v) is 14.6. The Balaban J connectivity index is 0.000000179. The van der Waals surface area contributed by atoms with Gasteiger partial charge in [-0.2, -0.15) is 0 Å². The van der Waals surface area contributed by atoms with E-state index in [1.807, 2.05) is 90.2 Å². The van der Waals surface area contributed by atoms with Crippen LogP contribution in [0.4, 0.5) is 0 Å². The molecule has 2 aromatic heterocycles. The van der Waals surface area contributed by atoms with E-state index in [0.717, 1.165) is 48.2 Å². The minimum Gasteiger partial charge on any atom is -0.512 e. The fraction of sp³-hybridized carbons (Fsp3) is 0.295. The maximum atomic E-state index is 11.5. The molecule has 5 aromatic rings. The molecule has 0 saturated carbocycles. The second kappa shape index (κ2) is 16.0. The molecule has 0 atom stereocenters. The smallest absolute Gasteiger partial charge is 0.164 e. The van der Waals surface area contributed by atoms with E-state index < -0.39 is 5.41 Å². The predicted molar refractivity (Wildman–Crippen MR) is 197 cm³/mol. The van der Waals surface area contributed by atoms with Gasteiger partial charge in [-0.25, -0.2) is 0 Å². The summed E-state index contributed by atoms with van der Waals surface area (Å²) < 4.78 is 0. The number of aromatic nitrogens is 2. The van der Waals surface area contributed by atoms with Gasteiger partial charge in [-0.15, -0.1) is 64.7 Å². The van der Waals surface area contributed by atoms with Gasteiger partial charge >= 0.3 is 0 Å². The minimum atomic E-state index is -0.417. The van der Waals surface area contributed by atoms with Gasteiger partial charge in [0, 0.05) is 49.4 Å². The van der Waals surface area contributed by atoms with Gasteiger partial charge in [0.05, 0.1) is 0 Å². The molecule has 0 spiro atoms. The van der Waals surface area contributed by atoms with Gasteiger partial charge in [0.1, 0.15) is 5.76 Å². The van der Waals surface area contributed by atoms with Gasteiger partial charge in [0.25, 0.3) is 0 Å². The summed E-state index contributed by atoms with van der Waals surface area (Å²) in [6.45, 7) is 13.2. The van der Waals surface area contributed by atoms with Crippen LogP contribution in [0, 0.1) is 29.9 Å². The van der Waals surface area contributed by atoms with E-state index in [4.69, 9.17) is 0 Å². The molecular weight excluding hydrogens is 781 g/mol. The molecule has 0 aliphatic heterocycles. The molecular formula is C44H46IrN2O2-2. The van der Waals surface area contributed by atoms with Crippen LogP contribution in [0.5, 0.6) is 0 Å². The Bertz CT molecular complexity index is 1830. The van der Waals surface area contributed by atoms with E-state index in [1.54, 1.807) is 6.20 Å². The van der Waals surface area contributed by atoms with Gasteiger partial charge in [-0.05, 0) is 67.3 Å². The van der Waals surface area contributed by atoms with Crippen molar-refractivity contribution in [2.45, 2.75) is 74.1 Å². The summed E-state index contributed by atoms with van der Waals surface area (Å²) in [6.07, 6.45) is 9.54. The van der Waals surface area contributed by atoms with Crippen molar-refractivity contribution < 1.29 is 30.0 Å². The van der Waals surface area contributed by atoms with Crippen molar-refractivity contribution in [3.05, 3.63) is 143 Å². The summed E-state index contributed by atoms with van der Waals surface area (Å²) in [5, 5.41) is 9.56. The largest absolute Gasteiger partial charge is 0.512 e. The van der Waals surface area contributed by atoms with Crippen molar-refractivity contribution in [3.8, 4) is 33.6 Å². The van der Waals surface area contributed by atoms with Crippen molar-refractivity contribution in [1.29, 1.82) is 0 Å². The zero-order chi connectivity index (χ0) is 34.5. The maximum Gasteiger partial charge on any atom is 0.164 e. The monoisotopic (exact) mass is 827 g/mol. The van der Waals surface area contributed by atoms with Crippen molar-refractivity contribution in [1.82, 2.24) is 9.97 Å². The first-order valence-corrected chi connectivity index (χ1v) is 16.8. The van der Waals surface area contributed by atoms with Crippen LogP contribution in [-0.2, 0) is 50.6 Å². The maximum absolute atomic E-state index is 11.5. The van der Waals surface area contributed by atoms with Crippen LogP contribution in [0.1, 0.15) is 69.4 Å². The zero-order valence-corrected chi connectivity index (χ0v) is 32.0. The summed E-state index contributed by atoms with van der Waals surface area (Å²) in [4.78, 5) is 20.3.